The van der Waals surface area contributed by atoms with Gasteiger partial charge in [-0.25, -0.2) is 8.78 Å². The van der Waals surface area contributed by atoms with E-state index >= 15 is 8.63 Å². The molecule has 0 aliphatic carbocycles. The topological polar surface area (TPSA) is 7.94 Å². The van der Waals surface area contributed by atoms with Gasteiger partial charge in [0.15, 0.2) is 11.5 Å². The molecular formula is C15H6BBr2ClF4N2. The molecule has 1 aromatic heterocycles. The van der Waals surface area contributed by atoms with Crippen LogP contribution < -0.4 is 0 Å². The van der Waals surface area contributed by atoms with E-state index in [1.54, 1.807) is 0 Å². The van der Waals surface area contributed by atoms with E-state index in [2.05, 4.69) is 31.9 Å². The summed E-state index contributed by atoms with van der Waals surface area (Å²) in [5.41, 5.74) is -0.454. The molecule has 0 amide bonds. The van der Waals surface area contributed by atoms with E-state index < -0.39 is 24.2 Å². The predicted molar refractivity (Wildman–Crippen MR) is 96.2 cm³/mol. The van der Waals surface area contributed by atoms with Crippen molar-refractivity contribution >= 4 is 60.6 Å². The average molecular weight is 496 g/mol. The normalized spacial score (nSPS) is 18.0. The van der Waals surface area contributed by atoms with Gasteiger partial charge in [-0.1, -0.05) is 11.6 Å². The Morgan fingerprint density at radius 2 is 1.76 bits per heavy atom. The minimum Gasteiger partial charge on any atom is -0.389 e. The number of nitrogens with zero attached hydrogens (tertiary/aromatic N) is 2. The molecule has 0 saturated heterocycles. The maximum Gasteiger partial charge on any atom is 0.738 e. The van der Waals surface area contributed by atoms with E-state index in [-0.39, 0.29) is 31.2 Å². The van der Waals surface area contributed by atoms with Crippen LogP contribution in [0.5, 0.6) is 0 Å². The van der Waals surface area contributed by atoms with E-state index in [4.69, 9.17) is 11.6 Å². The molecule has 2 nitrogen and oxygen atoms in total. The lowest BCUT2D eigenvalue weighted by atomic mass is 9.86. The third-order valence-electron chi connectivity index (χ3n) is 4.16. The van der Waals surface area contributed by atoms with Gasteiger partial charge in [0, 0.05) is 33.8 Å². The van der Waals surface area contributed by atoms with Gasteiger partial charge >= 0.3 is 6.97 Å². The number of benzene rings is 1. The summed E-state index contributed by atoms with van der Waals surface area (Å²) in [6.45, 7) is -4.25. The third-order valence-corrected chi connectivity index (χ3v) is 5.75. The SMILES string of the molecule is Fc1ccc(Cl)c(F)c1C1=C2C=CC(Br)=[N+]2[B-](F)(F)n2c(Br)ccc21. The standard InChI is InChI=1S/C15H6BBr2ClF4N2/c17-11-5-3-9-14(13-8(20)2-1-7(19)15(13)21)10-4-6-12(18)25(10)16(22,23)24(9)11/h1-6H. The highest BCUT2D eigenvalue weighted by Crippen LogP contribution is 2.43. The molecule has 0 radical (unpaired) electrons. The van der Waals surface area contributed by atoms with Crippen LogP contribution in [0.25, 0.3) is 5.57 Å². The Morgan fingerprint density at radius 1 is 1.04 bits per heavy atom. The van der Waals surface area contributed by atoms with Crippen LogP contribution in [0.4, 0.5) is 17.4 Å². The monoisotopic (exact) mass is 494 g/mol. The Kier molecular flexibility index (Phi) is 3.83. The molecule has 2 aromatic rings. The maximum atomic E-state index is 15.0. The zero-order valence-electron chi connectivity index (χ0n) is 12.1. The Hall–Kier alpha value is -1.32. The summed E-state index contributed by atoms with van der Waals surface area (Å²) in [4.78, 5) is 0. The van der Waals surface area contributed by atoms with Crippen molar-refractivity contribution in [3.63, 3.8) is 0 Å². The first-order valence-corrected chi connectivity index (χ1v) is 8.99. The number of allylic oxidation sites excluding steroid dienone is 2. The second-order valence-electron chi connectivity index (χ2n) is 5.50. The Labute approximate surface area is 161 Å². The summed E-state index contributed by atoms with van der Waals surface area (Å²) >= 11 is 12.0. The van der Waals surface area contributed by atoms with Crippen molar-refractivity contribution in [1.29, 1.82) is 0 Å². The van der Waals surface area contributed by atoms with Crippen molar-refractivity contribution in [3.8, 4) is 0 Å². The Balaban J connectivity index is 2.18. The summed E-state index contributed by atoms with van der Waals surface area (Å²) in [7, 11) is 0. The van der Waals surface area contributed by atoms with Crippen LogP contribution in [0.15, 0.2) is 46.7 Å². The molecule has 4 rings (SSSR count). The third kappa shape index (κ3) is 2.25. The first-order valence-electron chi connectivity index (χ1n) is 7.02. The lowest BCUT2D eigenvalue weighted by Gasteiger charge is -2.32. The van der Waals surface area contributed by atoms with Gasteiger partial charge in [0.2, 0.25) is 4.62 Å². The van der Waals surface area contributed by atoms with Crippen molar-refractivity contribution in [3.05, 3.63) is 74.6 Å². The number of fused-ring (bicyclic) bond motifs is 2. The molecule has 0 atom stereocenters. The molecule has 128 valence electrons. The number of rotatable bonds is 1. The largest absolute Gasteiger partial charge is 0.738 e. The lowest BCUT2D eigenvalue weighted by Crippen LogP contribution is -2.50. The van der Waals surface area contributed by atoms with Crippen molar-refractivity contribution in [2.24, 2.45) is 0 Å². The van der Waals surface area contributed by atoms with Crippen LogP contribution in [0, 0.1) is 11.6 Å². The zero-order chi connectivity index (χ0) is 18.1. The minimum absolute atomic E-state index is 0.00157. The van der Waals surface area contributed by atoms with Gasteiger partial charge in [-0.15, -0.1) is 0 Å². The molecule has 0 spiro atoms. The number of hydrogen-bond acceptors (Lipinski definition) is 0. The van der Waals surface area contributed by atoms with Crippen molar-refractivity contribution in [2.45, 2.75) is 0 Å². The lowest BCUT2D eigenvalue weighted by molar-refractivity contribution is -0.358. The highest BCUT2D eigenvalue weighted by molar-refractivity contribution is 9.18. The molecule has 0 N–H and O–H groups in total. The minimum atomic E-state index is -4.25. The fraction of sp³-hybridized carbons (Fsp3) is 0. The van der Waals surface area contributed by atoms with Gasteiger partial charge in [0.1, 0.15) is 5.82 Å². The van der Waals surface area contributed by atoms with Crippen LogP contribution in [-0.2, 0) is 0 Å². The van der Waals surface area contributed by atoms with Gasteiger partial charge in [-0.3, -0.25) is 0 Å². The number of aromatic nitrogens is 1. The number of hydrogen-bond donors (Lipinski definition) is 0. The molecule has 3 heterocycles. The second-order valence-corrected chi connectivity index (χ2v) is 7.54. The van der Waals surface area contributed by atoms with Crippen LogP contribution in [0.2, 0.25) is 5.02 Å². The van der Waals surface area contributed by atoms with Crippen molar-refractivity contribution < 1.29 is 21.9 Å². The van der Waals surface area contributed by atoms with E-state index in [9.17, 15) is 8.78 Å². The fourth-order valence-corrected chi connectivity index (χ4v) is 4.44. The van der Waals surface area contributed by atoms with Crippen molar-refractivity contribution in [1.82, 2.24) is 4.48 Å². The Bertz CT molecular complexity index is 1040. The van der Waals surface area contributed by atoms with Gasteiger partial charge in [0.25, 0.3) is 0 Å². The first kappa shape index (κ1) is 17.1. The summed E-state index contributed by atoms with van der Waals surface area (Å²) in [5.74, 6) is -1.88. The summed E-state index contributed by atoms with van der Waals surface area (Å²) in [6, 6.07) is 4.89. The highest BCUT2D eigenvalue weighted by Gasteiger charge is 2.54. The predicted octanol–water partition coefficient (Wildman–Crippen LogP) is 5.55. The quantitative estimate of drug-likeness (QED) is 0.278. The highest BCUT2D eigenvalue weighted by atomic mass is 79.9. The first-order chi connectivity index (χ1) is 11.7. The van der Waals surface area contributed by atoms with Gasteiger partial charge in [0.05, 0.1) is 20.8 Å². The van der Waals surface area contributed by atoms with E-state index in [1.165, 1.54) is 24.3 Å². The smallest absolute Gasteiger partial charge is 0.389 e. The van der Waals surface area contributed by atoms with Gasteiger partial charge in [-0.2, -0.15) is 0 Å². The van der Waals surface area contributed by atoms with Crippen LogP contribution in [0.3, 0.4) is 0 Å². The summed E-state index contributed by atoms with van der Waals surface area (Å²) < 4.78 is 60.8. The second kappa shape index (κ2) is 5.59. The van der Waals surface area contributed by atoms with E-state index in [0.29, 0.717) is 0 Å². The molecule has 1 aromatic carbocycles. The molecule has 0 unspecified atom stereocenters. The fourth-order valence-electron chi connectivity index (χ4n) is 3.14. The van der Waals surface area contributed by atoms with Crippen LogP contribution in [0.1, 0.15) is 11.3 Å². The van der Waals surface area contributed by atoms with Gasteiger partial charge in [-0.05, 0) is 40.2 Å². The molecule has 2 aliphatic heterocycles. The molecule has 0 fully saturated rings. The molecule has 10 heteroatoms. The summed E-state index contributed by atoms with van der Waals surface area (Å²) in [5, 5.41) is -0.291. The number of halogens is 7. The van der Waals surface area contributed by atoms with E-state index in [0.717, 1.165) is 21.1 Å². The van der Waals surface area contributed by atoms with Crippen LogP contribution >= 0.6 is 43.5 Å². The molecule has 0 saturated carbocycles. The molecule has 2 aliphatic rings. The Morgan fingerprint density at radius 3 is 2.48 bits per heavy atom. The maximum absolute atomic E-state index is 15.0. The van der Waals surface area contributed by atoms with E-state index in [1.807, 2.05) is 0 Å². The average Bonchev–Trinajstić information content (AvgIpc) is 3.11. The van der Waals surface area contributed by atoms with Crippen molar-refractivity contribution in [2.75, 3.05) is 0 Å². The van der Waals surface area contributed by atoms with Crippen LogP contribution in [-0.4, -0.2) is 20.6 Å². The van der Waals surface area contributed by atoms with Gasteiger partial charge < -0.3 is 17.6 Å². The molecule has 25 heavy (non-hydrogen) atoms. The zero-order valence-corrected chi connectivity index (χ0v) is 16.0. The molecular weight excluding hydrogens is 490 g/mol. The molecule has 0 bridgehead atoms. The summed E-state index contributed by atoms with van der Waals surface area (Å²) in [6.07, 6.45) is 2.80.